The highest BCUT2D eigenvalue weighted by atomic mass is 35.5. The van der Waals surface area contributed by atoms with E-state index in [0.717, 1.165) is 0 Å². The molecule has 0 spiro atoms. The summed E-state index contributed by atoms with van der Waals surface area (Å²) in [7, 11) is 3.03. The molecule has 3 aromatic rings. The van der Waals surface area contributed by atoms with Gasteiger partial charge >= 0.3 is 0 Å². The minimum atomic E-state index is -0.867. The number of carbonyl (C=O) groups is 1. The Morgan fingerprint density at radius 3 is 2.69 bits per heavy atom. The van der Waals surface area contributed by atoms with Crippen LogP contribution in [0.2, 0.25) is 5.02 Å². The van der Waals surface area contributed by atoms with Crippen molar-refractivity contribution in [2.24, 2.45) is 0 Å². The van der Waals surface area contributed by atoms with E-state index in [-0.39, 0.29) is 18.2 Å². The van der Waals surface area contributed by atoms with Crippen molar-refractivity contribution in [1.82, 2.24) is 15.2 Å². The number of hydrogen-bond acceptors (Lipinski definition) is 8. The molecule has 1 amide bonds. The Morgan fingerprint density at radius 2 is 2.00 bits per heavy atom. The number of fused-ring (bicyclic) bond motifs is 3. The highest BCUT2D eigenvalue weighted by molar-refractivity contribution is 7.98. The van der Waals surface area contributed by atoms with Gasteiger partial charge in [-0.15, -0.1) is 10.2 Å². The number of anilines is 1. The van der Waals surface area contributed by atoms with Gasteiger partial charge in [-0.25, -0.2) is 0 Å². The third kappa shape index (κ3) is 3.82. The Bertz CT molecular complexity index is 1180. The standard InChI is InChI=1S/C22H21ClN4O4S/c1-5-17(28)27-15-9-7-6-8-13(15)18-20(24-22(32-4)26-25-18)31-21(27)12-10-14(23)19(30-3)16(11-12)29-2/h6-11,21H,5H2,1-4H3/t21-/m0/s1. The first kappa shape index (κ1) is 22.2. The molecule has 8 nitrogen and oxygen atoms in total. The first-order valence-corrected chi connectivity index (χ1v) is 11.4. The van der Waals surface area contributed by atoms with Crippen LogP contribution >= 0.6 is 23.4 Å². The largest absolute Gasteiger partial charge is 0.493 e. The molecule has 32 heavy (non-hydrogen) atoms. The summed E-state index contributed by atoms with van der Waals surface area (Å²) in [5, 5.41) is 9.30. The van der Waals surface area contributed by atoms with E-state index in [1.54, 1.807) is 24.0 Å². The summed E-state index contributed by atoms with van der Waals surface area (Å²) >= 11 is 7.83. The van der Waals surface area contributed by atoms with Crippen molar-refractivity contribution in [3.05, 3.63) is 47.0 Å². The van der Waals surface area contributed by atoms with E-state index < -0.39 is 6.23 Å². The number of benzene rings is 2. The maximum Gasteiger partial charge on any atom is 0.247 e. The summed E-state index contributed by atoms with van der Waals surface area (Å²) in [6.45, 7) is 1.80. The molecule has 0 N–H and O–H groups in total. The van der Waals surface area contributed by atoms with E-state index in [1.807, 2.05) is 30.5 Å². The van der Waals surface area contributed by atoms with Crippen LogP contribution in [-0.2, 0) is 4.79 Å². The first-order chi connectivity index (χ1) is 15.5. The molecule has 4 rings (SSSR count). The molecule has 1 aliphatic heterocycles. The SMILES string of the molecule is CCC(=O)N1c2ccccc2-c2nnc(SC)nc2O[C@H]1c1cc(Cl)c(OC)c(OC)c1. The van der Waals surface area contributed by atoms with Crippen molar-refractivity contribution >= 4 is 35.0 Å². The van der Waals surface area contributed by atoms with Gasteiger partial charge in [0.15, 0.2) is 17.2 Å². The van der Waals surface area contributed by atoms with Gasteiger partial charge < -0.3 is 14.2 Å². The van der Waals surface area contributed by atoms with Gasteiger partial charge in [-0.3, -0.25) is 9.69 Å². The van der Waals surface area contributed by atoms with Crippen LogP contribution < -0.4 is 19.1 Å². The smallest absolute Gasteiger partial charge is 0.247 e. The average molecular weight is 473 g/mol. The molecule has 0 saturated heterocycles. The Kier molecular flexibility index (Phi) is 6.38. The van der Waals surface area contributed by atoms with Crippen LogP contribution in [0.15, 0.2) is 41.6 Å². The van der Waals surface area contributed by atoms with Crippen molar-refractivity contribution in [1.29, 1.82) is 0 Å². The predicted octanol–water partition coefficient (Wildman–Crippen LogP) is 4.77. The molecular weight excluding hydrogens is 452 g/mol. The van der Waals surface area contributed by atoms with Gasteiger partial charge in [-0.05, 0) is 24.5 Å². The lowest BCUT2D eigenvalue weighted by atomic mass is 10.1. The molecule has 0 saturated carbocycles. The van der Waals surface area contributed by atoms with E-state index in [1.165, 1.54) is 26.0 Å². The summed E-state index contributed by atoms with van der Waals surface area (Å²) in [5.74, 6) is 0.957. The van der Waals surface area contributed by atoms with Gasteiger partial charge in [0.05, 0.1) is 24.9 Å². The van der Waals surface area contributed by atoms with Crippen molar-refractivity contribution in [3.63, 3.8) is 0 Å². The lowest BCUT2D eigenvalue weighted by Gasteiger charge is -2.31. The molecule has 166 valence electrons. The monoisotopic (exact) mass is 472 g/mol. The fourth-order valence-electron chi connectivity index (χ4n) is 3.54. The number of rotatable bonds is 5. The Balaban J connectivity index is 1.99. The number of nitrogens with zero attached hydrogens (tertiary/aromatic N) is 4. The normalized spacial score (nSPS) is 14.7. The minimum Gasteiger partial charge on any atom is -0.493 e. The van der Waals surface area contributed by atoms with E-state index in [4.69, 9.17) is 25.8 Å². The zero-order chi connectivity index (χ0) is 22.8. The molecule has 1 atom stereocenters. The number of para-hydroxylation sites is 1. The predicted molar refractivity (Wildman–Crippen MR) is 123 cm³/mol. The zero-order valence-corrected chi connectivity index (χ0v) is 19.5. The van der Waals surface area contributed by atoms with E-state index >= 15 is 0 Å². The number of amides is 1. The number of methoxy groups -OCH3 is 2. The summed E-state index contributed by atoms with van der Waals surface area (Å²) < 4.78 is 17.2. The number of carbonyl (C=O) groups excluding carboxylic acids is 1. The average Bonchev–Trinajstić information content (AvgIpc) is 2.97. The van der Waals surface area contributed by atoms with E-state index in [9.17, 15) is 4.79 Å². The number of halogens is 1. The summed E-state index contributed by atoms with van der Waals surface area (Å²) in [6, 6.07) is 10.9. The summed E-state index contributed by atoms with van der Waals surface area (Å²) in [5.41, 5.74) is 2.40. The lowest BCUT2D eigenvalue weighted by Crippen LogP contribution is -2.37. The Hall–Kier alpha value is -3.04. The molecule has 10 heteroatoms. The van der Waals surface area contributed by atoms with E-state index in [0.29, 0.717) is 44.2 Å². The second-order valence-corrected chi connectivity index (χ2v) is 7.98. The molecule has 0 aliphatic carbocycles. The minimum absolute atomic E-state index is 0.140. The fourth-order valence-corrected chi connectivity index (χ4v) is 4.13. The quantitative estimate of drug-likeness (QED) is 0.491. The third-order valence-electron chi connectivity index (χ3n) is 5.01. The van der Waals surface area contributed by atoms with Crippen LogP contribution in [0, 0.1) is 0 Å². The van der Waals surface area contributed by atoms with Crippen LogP contribution in [0.25, 0.3) is 11.3 Å². The molecule has 1 aromatic heterocycles. The molecule has 1 aliphatic rings. The molecule has 0 unspecified atom stereocenters. The topological polar surface area (TPSA) is 86.7 Å². The van der Waals surface area contributed by atoms with Gasteiger partial charge in [-0.1, -0.05) is 48.5 Å². The first-order valence-electron chi connectivity index (χ1n) is 9.80. The maximum atomic E-state index is 13.2. The zero-order valence-electron chi connectivity index (χ0n) is 18.0. The highest BCUT2D eigenvalue weighted by Crippen LogP contribution is 2.45. The second-order valence-electron chi connectivity index (χ2n) is 6.80. The van der Waals surface area contributed by atoms with Crippen molar-refractivity contribution in [2.75, 3.05) is 25.4 Å². The van der Waals surface area contributed by atoms with Crippen LogP contribution in [0.1, 0.15) is 25.1 Å². The van der Waals surface area contributed by atoms with Crippen molar-refractivity contribution < 1.29 is 19.0 Å². The lowest BCUT2D eigenvalue weighted by molar-refractivity contribution is -0.120. The van der Waals surface area contributed by atoms with Crippen LogP contribution in [0.5, 0.6) is 17.4 Å². The Labute approximate surface area is 194 Å². The van der Waals surface area contributed by atoms with Crippen LogP contribution in [-0.4, -0.2) is 41.6 Å². The molecule has 2 heterocycles. The van der Waals surface area contributed by atoms with Gasteiger partial charge in [-0.2, -0.15) is 4.98 Å². The van der Waals surface area contributed by atoms with Gasteiger partial charge in [0.2, 0.25) is 23.2 Å². The molecule has 0 fully saturated rings. The van der Waals surface area contributed by atoms with Gasteiger partial charge in [0.25, 0.3) is 0 Å². The third-order valence-corrected chi connectivity index (χ3v) is 5.83. The number of thioether (sulfide) groups is 1. The highest BCUT2D eigenvalue weighted by Gasteiger charge is 2.36. The molecular formula is C22H21ClN4O4S. The van der Waals surface area contributed by atoms with E-state index in [2.05, 4.69) is 15.2 Å². The summed E-state index contributed by atoms with van der Waals surface area (Å²) in [6.07, 6.45) is 1.25. The van der Waals surface area contributed by atoms with Crippen molar-refractivity contribution in [3.8, 4) is 28.6 Å². The maximum absolute atomic E-state index is 13.2. The van der Waals surface area contributed by atoms with Crippen LogP contribution in [0.4, 0.5) is 5.69 Å². The Morgan fingerprint density at radius 1 is 1.22 bits per heavy atom. The molecule has 0 radical (unpaired) electrons. The van der Waals surface area contributed by atoms with Crippen molar-refractivity contribution in [2.45, 2.75) is 24.7 Å². The number of ether oxygens (including phenoxy) is 3. The van der Waals surface area contributed by atoms with Gasteiger partial charge in [0.1, 0.15) is 0 Å². The van der Waals surface area contributed by atoms with Crippen LogP contribution in [0.3, 0.4) is 0 Å². The van der Waals surface area contributed by atoms with Gasteiger partial charge in [0, 0.05) is 17.5 Å². The fraction of sp³-hybridized carbons (Fsp3) is 0.273. The second kappa shape index (κ2) is 9.22. The molecule has 2 aromatic carbocycles. The number of aromatic nitrogens is 3. The summed E-state index contributed by atoms with van der Waals surface area (Å²) in [4.78, 5) is 19.3. The number of hydrogen-bond donors (Lipinski definition) is 0. The molecule has 0 bridgehead atoms.